The van der Waals surface area contributed by atoms with E-state index >= 15 is 0 Å². The van der Waals surface area contributed by atoms with Crippen molar-refractivity contribution in [1.82, 2.24) is 10.9 Å². The summed E-state index contributed by atoms with van der Waals surface area (Å²) in [5.41, 5.74) is 4.56. The smallest absolute Gasteiger partial charge is 0.279 e. The van der Waals surface area contributed by atoms with Crippen LogP contribution in [0.3, 0.4) is 0 Å². The van der Waals surface area contributed by atoms with Crippen molar-refractivity contribution in [2.75, 3.05) is 13.2 Å². The molecular formula is C19H17FN2O4S. The third kappa shape index (κ3) is 4.53. The summed E-state index contributed by atoms with van der Waals surface area (Å²) in [6, 6.07) is 13.1. The number of carbonyl (C=O) groups excluding carboxylic acids is 2. The summed E-state index contributed by atoms with van der Waals surface area (Å²) in [7, 11) is 0. The number of hydrazine groups is 1. The van der Waals surface area contributed by atoms with Gasteiger partial charge in [-0.1, -0.05) is 18.2 Å². The molecule has 2 amide bonds. The maximum atomic E-state index is 13.7. The van der Waals surface area contributed by atoms with Crippen LogP contribution in [0.25, 0.3) is 10.1 Å². The number of thiophene rings is 1. The van der Waals surface area contributed by atoms with E-state index in [0.717, 1.165) is 11.3 Å². The zero-order valence-corrected chi connectivity index (χ0v) is 15.3. The quantitative estimate of drug-likeness (QED) is 0.636. The minimum Gasteiger partial charge on any atom is -0.490 e. The number of fused-ring (bicyclic) bond motifs is 1. The van der Waals surface area contributed by atoms with Crippen molar-refractivity contribution >= 4 is 33.2 Å². The molecule has 0 saturated heterocycles. The molecule has 1 heterocycles. The summed E-state index contributed by atoms with van der Waals surface area (Å²) in [5, 5.41) is 0.370. The predicted molar refractivity (Wildman–Crippen MR) is 100 cm³/mol. The Labute approximate surface area is 158 Å². The summed E-state index contributed by atoms with van der Waals surface area (Å²) in [6.45, 7) is 2.02. The van der Waals surface area contributed by atoms with Gasteiger partial charge >= 0.3 is 0 Å². The number of carbonyl (C=O) groups is 2. The van der Waals surface area contributed by atoms with E-state index in [1.807, 2.05) is 6.92 Å². The second-order valence-electron chi connectivity index (χ2n) is 5.43. The van der Waals surface area contributed by atoms with E-state index in [1.54, 1.807) is 36.4 Å². The topological polar surface area (TPSA) is 76.7 Å². The zero-order valence-electron chi connectivity index (χ0n) is 14.5. The second kappa shape index (κ2) is 8.50. The van der Waals surface area contributed by atoms with Crippen molar-refractivity contribution in [2.24, 2.45) is 0 Å². The number of halogens is 1. The molecule has 6 nitrogen and oxygen atoms in total. The third-order valence-electron chi connectivity index (χ3n) is 3.56. The van der Waals surface area contributed by atoms with E-state index in [2.05, 4.69) is 10.9 Å². The Morgan fingerprint density at radius 3 is 2.48 bits per heavy atom. The van der Waals surface area contributed by atoms with Crippen LogP contribution in [0.2, 0.25) is 0 Å². The molecule has 1 aromatic heterocycles. The highest BCUT2D eigenvalue weighted by Crippen LogP contribution is 2.27. The molecule has 0 unspecified atom stereocenters. The number of hydrogen-bond acceptors (Lipinski definition) is 5. The molecule has 8 heteroatoms. The molecule has 3 aromatic rings. The molecule has 2 aromatic carbocycles. The lowest BCUT2D eigenvalue weighted by atomic mass is 10.2. The fourth-order valence-corrected chi connectivity index (χ4v) is 3.32. The van der Waals surface area contributed by atoms with Gasteiger partial charge in [-0.2, -0.15) is 0 Å². The lowest BCUT2D eigenvalue weighted by Gasteiger charge is -2.11. The molecule has 0 radical (unpaired) electrons. The van der Waals surface area contributed by atoms with Crippen LogP contribution in [0.1, 0.15) is 16.6 Å². The Morgan fingerprint density at radius 2 is 1.78 bits per heavy atom. The minimum absolute atomic E-state index is 0.290. The van der Waals surface area contributed by atoms with E-state index in [-0.39, 0.29) is 11.5 Å². The van der Waals surface area contributed by atoms with Crippen LogP contribution in [0.15, 0.2) is 48.5 Å². The number of para-hydroxylation sites is 2. The van der Waals surface area contributed by atoms with Crippen molar-refractivity contribution < 1.29 is 23.5 Å². The number of hydrogen-bond donors (Lipinski definition) is 2. The predicted octanol–water partition coefficient (Wildman–Crippen LogP) is 3.28. The van der Waals surface area contributed by atoms with Gasteiger partial charge in [-0.05, 0) is 37.3 Å². The second-order valence-corrected chi connectivity index (χ2v) is 6.52. The monoisotopic (exact) mass is 388 g/mol. The molecule has 3 rings (SSSR count). The van der Waals surface area contributed by atoms with Gasteiger partial charge in [-0.3, -0.25) is 20.4 Å². The molecule has 27 heavy (non-hydrogen) atoms. The summed E-state index contributed by atoms with van der Waals surface area (Å²) in [6.07, 6.45) is 0. The van der Waals surface area contributed by atoms with Gasteiger partial charge in [-0.15, -0.1) is 11.3 Å². The number of ether oxygens (including phenoxy) is 2. The molecule has 0 aliphatic heterocycles. The number of rotatable bonds is 6. The normalized spacial score (nSPS) is 10.4. The van der Waals surface area contributed by atoms with Gasteiger partial charge in [0, 0.05) is 10.1 Å². The van der Waals surface area contributed by atoms with Crippen LogP contribution in [0.5, 0.6) is 11.5 Å². The van der Waals surface area contributed by atoms with Crippen molar-refractivity contribution in [2.45, 2.75) is 6.92 Å². The highest BCUT2D eigenvalue weighted by molar-refractivity contribution is 7.20. The third-order valence-corrected chi connectivity index (χ3v) is 4.65. The van der Waals surface area contributed by atoms with Crippen molar-refractivity contribution in [3.05, 3.63) is 59.2 Å². The standard InChI is InChI=1S/C19H17FN2O4S/c1-2-25-14-7-3-4-8-15(14)26-11-18(23)21-22-19(24)17-10-12-13(20)6-5-9-16(12)27-17/h3-10H,2,11H2,1H3,(H,21,23)(H,22,24). The van der Waals surface area contributed by atoms with Crippen molar-refractivity contribution in [3.63, 3.8) is 0 Å². The van der Waals surface area contributed by atoms with Gasteiger partial charge in [0.25, 0.3) is 11.8 Å². The summed E-state index contributed by atoms with van der Waals surface area (Å²) < 4.78 is 25.2. The molecule has 0 atom stereocenters. The van der Waals surface area contributed by atoms with Crippen LogP contribution in [-0.4, -0.2) is 25.0 Å². The fraction of sp³-hybridized carbons (Fsp3) is 0.158. The van der Waals surface area contributed by atoms with E-state index in [4.69, 9.17) is 9.47 Å². The van der Waals surface area contributed by atoms with Crippen molar-refractivity contribution in [1.29, 1.82) is 0 Å². The average molecular weight is 388 g/mol. The van der Waals surface area contributed by atoms with Crippen LogP contribution < -0.4 is 20.3 Å². The summed E-state index contributed by atoms with van der Waals surface area (Å²) >= 11 is 1.14. The lowest BCUT2D eigenvalue weighted by molar-refractivity contribution is -0.123. The maximum Gasteiger partial charge on any atom is 0.279 e. The number of nitrogens with one attached hydrogen (secondary N) is 2. The first kappa shape index (κ1) is 18.7. The molecule has 0 bridgehead atoms. The lowest BCUT2D eigenvalue weighted by Crippen LogP contribution is -2.43. The Balaban J connectivity index is 1.54. The summed E-state index contributed by atoms with van der Waals surface area (Å²) in [4.78, 5) is 24.3. The van der Waals surface area contributed by atoms with Gasteiger partial charge in [-0.25, -0.2) is 4.39 Å². The fourth-order valence-electron chi connectivity index (χ4n) is 2.35. The van der Waals surface area contributed by atoms with Crippen molar-refractivity contribution in [3.8, 4) is 11.5 Å². The first-order valence-corrected chi connectivity index (χ1v) is 9.02. The molecule has 140 valence electrons. The van der Waals surface area contributed by atoms with E-state index in [0.29, 0.717) is 28.2 Å². The van der Waals surface area contributed by atoms with Gasteiger partial charge in [0.15, 0.2) is 18.1 Å². The summed E-state index contributed by atoms with van der Waals surface area (Å²) in [5.74, 6) is -0.501. The Morgan fingerprint density at radius 1 is 1.04 bits per heavy atom. The number of benzene rings is 2. The van der Waals surface area contributed by atoms with Gasteiger partial charge in [0.1, 0.15) is 5.82 Å². The first-order valence-electron chi connectivity index (χ1n) is 8.20. The minimum atomic E-state index is -0.540. The molecular weight excluding hydrogens is 371 g/mol. The van der Waals surface area contributed by atoms with Crippen LogP contribution in [0.4, 0.5) is 4.39 Å². The molecule has 0 spiro atoms. The first-order chi connectivity index (χ1) is 13.1. The average Bonchev–Trinajstić information content (AvgIpc) is 3.11. The molecule has 0 fully saturated rings. The Bertz CT molecular complexity index is 973. The van der Waals surface area contributed by atoms with Gasteiger partial charge < -0.3 is 9.47 Å². The Kier molecular flexibility index (Phi) is 5.87. The molecule has 0 saturated carbocycles. The molecule has 2 N–H and O–H groups in total. The van der Waals surface area contributed by atoms with E-state index < -0.39 is 17.6 Å². The van der Waals surface area contributed by atoms with Gasteiger partial charge in [0.05, 0.1) is 11.5 Å². The van der Waals surface area contributed by atoms with E-state index in [9.17, 15) is 14.0 Å². The maximum absolute atomic E-state index is 13.7. The molecule has 0 aliphatic carbocycles. The van der Waals surface area contributed by atoms with Crippen LogP contribution in [-0.2, 0) is 4.79 Å². The Hall–Kier alpha value is -3.13. The highest BCUT2D eigenvalue weighted by atomic mass is 32.1. The zero-order chi connectivity index (χ0) is 19.2. The van der Waals surface area contributed by atoms with Gasteiger partial charge in [0.2, 0.25) is 0 Å². The highest BCUT2D eigenvalue weighted by Gasteiger charge is 2.14. The molecule has 0 aliphatic rings. The van der Waals surface area contributed by atoms with Crippen LogP contribution >= 0.6 is 11.3 Å². The SMILES string of the molecule is CCOc1ccccc1OCC(=O)NNC(=O)c1cc2c(F)cccc2s1. The number of amides is 2. The van der Waals surface area contributed by atoms with Crippen LogP contribution in [0, 0.1) is 5.82 Å². The van der Waals surface area contributed by atoms with E-state index in [1.165, 1.54) is 12.1 Å². The largest absolute Gasteiger partial charge is 0.490 e.